The maximum Gasteiger partial charge on any atom is 0.180 e. The number of Topliss-reactive ketones (excluding diaryl/α,β-unsaturated/α-hetero) is 1. The molecule has 0 atom stereocenters. The van der Waals surface area contributed by atoms with Crippen LogP contribution in [-0.2, 0) is 6.42 Å². The van der Waals surface area contributed by atoms with Crippen LogP contribution in [0.1, 0.15) is 21.1 Å². The molecular formula is C11H10N2OS. The molecule has 0 saturated carbocycles. The first-order valence-corrected chi connectivity index (χ1v) is 5.48. The van der Waals surface area contributed by atoms with Crippen LogP contribution in [0, 0.1) is 6.92 Å². The fourth-order valence-electron chi connectivity index (χ4n) is 1.30. The summed E-state index contributed by atoms with van der Waals surface area (Å²) in [6, 6.07) is 3.69. The topological polar surface area (TPSA) is 42.9 Å². The first-order chi connectivity index (χ1) is 7.27. The Balaban J connectivity index is 2.15. The molecule has 0 amide bonds. The van der Waals surface area contributed by atoms with Gasteiger partial charge in [-0.3, -0.25) is 4.79 Å². The molecule has 76 valence electrons. The van der Waals surface area contributed by atoms with Gasteiger partial charge in [0.2, 0.25) is 0 Å². The Hall–Kier alpha value is -1.55. The van der Waals surface area contributed by atoms with E-state index < -0.39 is 0 Å². The van der Waals surface area contributed by atoms with Gasteiger partial charge in [-0.2, -0.15) is 0 Å². The zero-order valence-electron chi connectivity index (χ0n) is 8.30. The van der Waals surface area contributed by atoms with E-state index in [-0.39, 0.29) is 12.2 Å². The minimum absolute atomic E-state index is 0.0914. The van der Waals surface area contributed by atoms with E-state index in [0.717, 1.165) is 10.4 Å². The molecule has 0 saturated heterocycles. The maximum atomic E-state index is 11.8. The lowest BCUT2D eigenvalue weighted by molar-refractivity contribution is 0.0994. The molecule has 0 radical (unpaired) electrons. The number of carbonyl (C=O) groups is 1. The van der Waals surface area contributed by atoms with Crippen LogP contribution >= 0.6 is 11.3 Å². The molecule has 4 heteroatoms. The molecule has 2 heterocycles. The molecule has 2 aromatic rings. The minimum Gasteiger partial charge on any atom is -0.293 e. The SMILES string of the molecule is Cc1ccsc1C(=O)Cc1ncccn1. The van der Waals surface area contributed by atoms with Crippen LogP contribution in [-0.4, -0.2) is 15.8 Å². The van der Waals surface area contributed by atoms with Gasteiger partial charge in [-0.15, -0.1) is 11.3 Å². The fourth-order valence-corrected chi connectivity index (χ4v) is 2.17. The van der Waals surface area contributed by atoms with Crippen LogP contribution in [0.2, 0.25) is 0 Å². The lowest BCUT2D eigenvalue weighted by Crippen LogP contribution is -2.05. The zero-order valence-corrected chi connectivity index (χ0v) is 9.12. The van der Waals surface area contributed by atoms with Gasteiger partial charge in [0.1, 0.15) is 5.82 Å². The number of aromatic nitrogens is 2. The van der Waals surface area contributed by atoms with Gasteiger partial charge in [0, 0.05) is 12.4 Å². The van der Waals surface area contributed by atoms with Crippen molar-refractivity contribution in [1.82, 2.24) is 9.97 Å². The van der Waals surface area contributed by atoms with Crippen molar-refractivity contribution in [2.45, 2.75) is 13.3 Å². The number of ketones is 1. The summed E-state index contributed by atoms with van der Waals surface area (Å²) in [6.45, 7) is 1.94. The predicted molar refractivity (Wildman–Crippen MR) is 59.1 cm³/mol. The van der Waals surface area contributed by atoms with Crippen LogP contribution in [0.5, 0.6) is 0 Å². The van der Waals surface area contributed by atoms with Crippen molar-refractivity contribution in [1.29, 1.82) is 0 Å². The molecule has 0 aliphatic rings. The average Bonchev–Trinajstić information content (AvgIpc) is 2.66. The molecule has 0 unspecified atom stereocenters. The standard InChI is InChI=1S/C11H10N2OS/c1-8-3-6-15-11(8)9(14)7-10-12-4-2-5-13-10/h2-6H,7H2,1H3. The Bertz CT molecular complexity index is 464. The third-order valence-electron chi connectivity index (χ3n) is 2.05. The monoisotopic (exact) mass is 218 g/mol. The molecule has 0 spiro atoms. The highest BCUT2D eigenvalue weighted by Gasteiger charge is 2.12. The highest BCUT2D eigenvalue weighted by Crippen LogP contribution is 2.17. The van der Waals surface area contributed by atoms with Crippen molar-refractivity contribution in [2.24, 2.45) is 0 Å². The maximum absolute atomic E-state index is 11.8. The third kappa shape index (κ3) is 2.27. The molecule has 3 nitrogen and oxygen atoms in total. The van der Waals surface area contributed by atoms with E-state index in [4.69, 9.17) is 0 Å². The van der Waals surface area contributed by atoms with Crippen LogP contribution in [0.4, 0.5) is 0 Å². The number of thiophene rings is 1. The van der Waals surface area contributed by atoms with Crippen LogP contribution in [0.25, 0.3) is 0 Å². The highest BCUT2D eigenvalue weighted by atomic mass is 32.1. The van der Waals surface area contributed by atoms with Crippen molar-refractivity contribution in [2.75, 3.05) is 0 Å². The second-order valence-electron chi connectivity index (χ2n) is 3.20. The normalized spacial score (nSPS) is 10.2. The predicted octanol–water partition coefficient (Wildman–Crippen LogP) is 2.27. The molecule has 0 fully saturated rings. The molecule has 2 aromatic heterocycles. The highest BCUT2D eigenvalue weighted by molar-refractivity contribution is 7.12. The van der Waals surface area contributed by atoms with Gasteiger partial charge >= 0.3 is 0 Å². The second kappa shape index (κ2) is 4.31. The Morgan fingerprint density at radius 2 is 2.13 bits per heavy atom. The molecule has 0 aromatic carbocycles. The summed E-state index contributed by atoms with van der Waals surface area (Å²) >= 11 is 1.47. The van der Waals surface area contributed by atoms with E-state index in [9.17, 15) is 4.79 Å². The van der Waals surface area contributed by atoms with E-state index in [1.165, 1.54) is 11.3 Å². The van der Waals surface area contributed by atoms with Crippen LogP contribution in [0.3, 0.4) is 0 Å². The Labute approximate surface area is 91.8 Å². The van der Waals surface area contributed by atoms with Gasteiger partial charge in [0.15, 0.2) is 5.78 Å². The van der Waals surface area contributed by atoms with Crippen molar-refractivity contribution < 1.29 is 4.79 Å². The number of hydrogen-bond donors (Lipinski definition) is 0. The lowest BCUT2D eigenvalue weighted by atomic mass is 10.2. The number of hydrogen-bond acceptors (Lipinski definition) is 4. The molecule has 0 N–H and O–H groups in total. The molecule has 0 aliphatic heterocycles. The van der Waals surface area contributed by atoms with Gasteiger partial charge in [0.25, 0.3) is 0 Å². The number of carbonyl (C=O) groups excluding carboxylic acids is 1. The number of nitrogens with zero attached hydrogens (tertiary/aromatic N) is 2. The molecule has 2 rings (SSSR count). The first kappa shape index (κ1) is 9.98. The zero-order chi connectivity index (χ0) is 10.7. The van der Waals surface area contributed by atoms with Gasteiger partial charge in [0.05, 0.1) is 11.3 Å². The summed E-state index contributed by atoms with van der Waals surface area (Å²) in [6.07, 6.45) is 3.58. The largest absolute Gasteiger partial charge is 0.293 e. The summed E-state index contributed by atoms with van der Waals surface area (Å²) < 4.78 is 0. The second-order valence-corrected chi connectivity index (χ2v) is 4.11. The van der Waals surface area contributed by atoms with Crippen molar-refractivity contribution in [3.63, 3.8) is 0 Å². The van der Waals surface area contributed by atoms with Gasteiger partial charge in [-0.05, 0) is 30.0 Å². The molecule has 0 bridgehead atoms. The minimum atomic E-state index is 0.0914. The Kier molecular flexibility index (Phi) is 2.87. The van der Waals surface area contributed by atoms with Crippen LogP contribution < -0.4 is 0 Å². The third-order valence-corrected chi connectivity index (χ3v) is 3.11. The quantitative estimate of drug-likeness (QED) is 0.742. The van der Waals surface area contributed by atoms with E-state index in [0.29, 0.717) is 5.82 Å². The van der Waals surface area contributed by atoms with E-state index in [1.54, 1.807) is 18.5 Å². The lowest BCUT2D eigenvalue weighted by Gasteiger charge is -1.98. The molecular weight excluding hydrogens is 208 g/mol. The summed E-state index contributed by atoms with van der Waals surface area (Å²) in [5.74, 6) is 0.670. The van der Waals surface area contributed by atoms with E-state index >= 15 is 0 Å². The number of rotatable bonds is 3. The number of aryl methyl sites for hydroxylation is 1. The molecule has 15 heavy (non-hydrogen) atoms. The first-order valence-electron chi connectivity index (χ1n) is 4.60. The fraction of sp³-hybridized carbons (Fsp3) is 0.182. The van der Waals surface area contributed by atoms with Gasteiger partial charge in [-0.25, -0.2) is 9.97 Å². The molecule has 0 aliphatic carbocycles. The average molecular weight is 218 g/mol. The summed E-state index contributed by atoms with van der Waals surface area (Å²) in [5.41, 5.74) is 1.03. The van der Waals surface area contributed by atoms with Gasteiger partial charge in [-0.1, -0.05) is 0 Å². The van der Waals surface area contributed by atoms with Gasteiger partial charge < -0.3 is 0 Å². The van der Waals surface area contributed by atoms with Crippen molar-refractivity contribution in [3.05, 3.63) is 46.2 Å². The smallest absolute Gasteiger partial charge is 0.180 e. The van der Waals surface area contributed by atoms with Crippen molar-refractivity contribution in [3.8, 4) is 0 Å². The van der Waals surface area contributed by atoms with E-state index in [1.807, 2.05) is 18.4 Å². The summed E-state index contributed by atoms with van der Waals surface area (Å²) in [7, 11) is 0. The van der Waals surface area contributed by atoms with E-state index in [2.05, 4.69) is 9.97 Å². The Morgan fingerprint density at radius 1 is 1.40 bits per heavy atom. The van der Waals surface area contributed by atoms with Crippen LogP contribution in [0.15, 0.2) is 29.9 Å². The summed E-state index contributed by atoms with van der Waals surface area (Å²) in [4.78, 5) is 20.7. The summed E-state index contributed by atoms with van der Waals surface area (Å²) in [5, 5.41) is 1.93. The Morgan fingerprint density at radius 3 is 2.73 bits per heavy atom. The van der Waals surface area contributed by atoms with Crippen molar-refractivity contribution >= 4 is 17.1 Å².